The molecule has 0 aliphatic rings. The van der Waals surface area contributed by atoms with Crippen molar-refractivity contribution in [2.24, 2.45) is 10.7 Å². The molecule has 0 fully saturated rings. The summed E-state index contributed by atoms with van der Waals surface area (Å²) in [6, 6.07) is 0. The number of likely N-dealkylation sites (N-methyl/N-ethyl adjacent to an activating group) is 1. The normalized spacial score (nSPS) is 14.5. The van der Waals surface area contributed by atoms with Gasteiger partial charge in [0, 0.05) is 24.1 Å². The summed E-state index contributed by atoms with van der Waals surface area (Å²) in [5, 5.41) is 8.87. The number of hydrogen-bond acceptors (Lipinski definition) is 2. The highest BCUT2D eigenvalue weighted by Crippen LogP contribution is 2.09. The van der Waals surface area contributed by atoms with Gasteiger partial charge in [0.25, 0.3) is 0 Å². The number of carbonyl (C=O) groups excluding carboxylic acids is 1. The first kappa shape index (κ1) is 13.9. The monoisotopic (exact) mass is 288 g/mol. The third kappa shape index (κ3) is 10.8. The minimum Gasteiger partial charge on any atom is -0.395 e. The molecule has 0 aromatic rings. The number of carbonyl (C=O) groups is 1. The Balaban J connectivity index is 4.06. The third-order valence-electron chi connectivity index (χ3n) is 3.08. The van der Waals surface area contributed by atoms with Crippen molar-refractivity contribution in [2.75, 3.05) is 20.1 Å². The highest BCUT2D eigenvalue weighted by atomic mass is 16.3. The number of nitrogens with zero attached hydrogens (tertiary/aromatic N) is 2. The topological polar surface area (TPSA) is 78.9 Å². The van der Waals surface area contributed by atoms with Crippen molar-refractivity contribution in [3.05, 3.63) is 0 Å². The molecular formula is C15H31N3O2. The van der Waals surface area contributed by atoms with Crippen molar-refractivity contribution in [1.29, 1.82) is 0 Å². The quantitative estimate of drug-likeness (QED) is 0.347. The van der Waals surface area contributed by atoms with Crippen LogP contribution in [0.2, 0.25) is 0 Å². The first-order valence-corrected chi connectivity index (χ1v) is 7.58. The van der Waals surface area contributed by atoms with Gasteiger partial charge >= 0.3 is 0 Å². The van der Waals surface area contributed by atoms with Gasteiger partial charge in [-0.3, -0.25) is 4.79 Å². The summed E-state index contributed by atoms with van der Waals surface area (Å²) in [6.07, 6.45) is 9.27. The van der Waals surface area contributed by atoms with Crippen LogP contribution in [0.15, 0.2) is 4.99 Å². The van der Waals surface area contributed by atoms with Crippen LogP contribution in [-0.4, -0.2) is 42.0 Å². The Morgan fingerprint density at radius 3 is 2.35 bits per heavy atom. The molecule has 118 valence electrons. The number of nitrogens with two attached hydrogens (primary N) is 1. The Labute approximate surface area is 127 Å². The zero-order chi connectivity index (χ0) is 17.7. The Bertz CT molecular complexity index is 360. The molecule has 0 aromatic heterocycles. The van der Waals surface area contributed by atoms with Gasteiger partial charge in [-0.15, -0.1) is 0 Å². The minimum atomic E-state index is -2.52. The number of guanidine groups is 1. The van der Waals surface area contributed by atoms with Crippen LogP contribution in [0.5, 0.6) is 0 Å². The number of aliphatic imine (C=N–C) groups is 1. The van der Waals surface area contributed by atoms with Crippen molar-refractivity contribution in [2.45, 2.75) is 64.7 Å². The molecule has 0 aliphatic carbocycles. The molecule has 0 bridgehead atoms. The average Bonchev–Trinajstić information content (AvgIpc) is 2.46. The number of amides is 1. The van der Waals surface area contributed by atoms with Gasteiger partial charge in [-0.1, -0.05) is 51.9 Å². The largest absolute Gasteiger partial charge is 0.395 e. The van der Waals surface area contributed by atoms with Crippen LogP contribution in [0.4, 0.5) is 0 Å². The fraction of sp³-hybridized carbons (Fsp3) is 0.867. The number of aliphatic hydroxyl groups excluding tert-OH is 1. The van der Waals surface area contributed by atoms with E-state index in [2.05, 4.69) is 11.9 Å². The fourth-order valence-corrected chi connectivity index (χ4v) is 1.87. The maximum absolute atomic E-state index is 11.7. The second kappa shape index (κ2) is 12.9. The summed E-state index contributed by atoms with van der Waals surface area (Å²) in [6.45, 7) is -0.890. The van der Waals surface area contributed by atoms with E-state index in [4.69, 9.17) is 15.0 Å². The number of aliphatic hydroxyl groups is 1. The number of unbranched alkanes of at least 4 members (excludes halogenated alkanes) is 7. The van der Waals surface area contributed by atoms with Gasteiger partial charge in [0.2, 0.25) is 5.91 Å². The van der Waals surface area contributed by atoms with Gasteiger partial charge in [-0.05, 0) is 6.42 Å². The highest BCUT2D eigenvalue weighted by Gasteiger charge is 2.04. The zero-order valence-corrected chi connectivity index (χ0v) is 12.6. The van der Waals surface area contributed by atoms with E-state index in [1.807, 2.05) is 0 Å². The van der Waals surface area contributed by atoms with Gasteiger partial charge < -0.3 is 15.7 Å². The first-order valence-electron chi connectivity index (χ1n) is 9.08. The molecule has 0 radical (unpaired) electrons. The summed E-state index contributed by atoms with van der Waals surface area (Å²) in [7, 11) is 0. The molecule has 0 heterocycles. The molecule has 0 spiro atoms. The summed E-state index contributed by atoms with van der Waals surface area (Å²) in [5.74, 6) is -0.774. The van der Waals surface area contributed by atoms with Crippen LogP contribution in [0, 0.1) is 0 Å². The van der Waals surface area contributed by atoms with Crippen molar-refractivity contribution in [3.8, 4) is 0 Å². The molecule has 0 aromatic carbocycles. The highest BCUT2D eigenvalue weighted by molar-refractivity contribution is 5.92. The molecule has 5 nitrogen and oxygen atoms in total. The van der Waals surface area contributed by atoms with Gasteiger partial charge in [0.15, 0.2) is 5.96 Å². The lowest BCUT2D eigenvalue weighted by molar-refractivity contribution is -0.117. The Hall–Kier alpha value is -1.10. The molecule has 5 heteroatoms. The van der Waals surface area contributed by atoms with E-state index in [0.29, 0.717) is 0 Å². The molecule has 0 saturated heterocycles. The lowest BCUT2D eigenvalue weighted by Crippen LogP contribution is -2.36. The average molecular weight is 288 g/mol. The molecule has 0 unspecified atom stereocenters. The van der Waals surface area contributed by atoms with E-state index in [0.717, 1.165) is 24.2 Å². The lowest BCUT2D eigenvalue weighted by Gasteiger charge is -2.15. The van der Waals surface area contributed by atoms with Crippen LogP contribution in [0.25, 0.3) is 0 Å². The number of hydrogen-bond donors (Lipinski definition) is 2. The fourth-order valence-electron chi connectivity index (χ4n) is 1.87. The molecule has 0 rings (SSSR count). The van der Waals surface area contributed by atoms with E-state index in [1.54, 1.807) is 0 Å². The van der Waals surface area contributed by atoms with Crippen LogP contribution in [0.3, 0.4) is 0 Å². The predicted octanol–water partition coefficient (Wildman–Crippen LogP) is 2.28. The molecule has 1 amide bonds. The summed E-state index contributed by atoms with van der Waals surface area (Å²) in [5.41, 5.74) is 5.57. The van der Waals surface area contributed by atoms with Crippen LogP contribution < -0.4 is 5.73 Å². The van der Waals surface area contributed by atoms with Crippen molar-refractivity contribution in [1.82, 2.24) is 4.90 Å². The second-order valence-corrected chi connectivity index (χ2v) is 4.96. The van der Waals surface area contributed by atoms with E-state index >= 15 is 0 Å². The maximum atomic E-state index is 11.7. The molecular weight excluding hydrogens is 254 g/mol. The van der Waals surface area contributed by atoms with Gasteiger partial charge in [-0.25, -0.2) is 0 Å². The van der Waals surface area contributed by atoms with E-state index < -0.39 is 12.9 Å². The molecule has 0 atom stereocenters. The van der Waals surface area contributed by atoms with Gasteiger partial charge in [-0.2, -0.15) is 4.99 Å². The SMILES string of the molecule is [2H]C([2H])([2H])N(CCO)C(N)=NC(=O)CCCCCCCCCC. The molecule has 0 aliphatic heterocycles. The van der Waals surface area contributed by atoms with Crippen molar-refractivity contribution in [3.63, 3.8) is 0 Å². The third-order valence-corrected chi connectivity index (χ3v) is 3.08. The first-order chi connectivity index (χ1) is 10.8. The summed E-state index contributed by atoms with van der Waals surface area (Å²) < 4.78 is 21.9. The molecule has 20 heavy (non-hydrogen) atoms. The molecule has 0 saturated carbocycles. The summed E-state index contributed by atoms with van der Waals surface area (Å²) >= 11 is 0. The Morgan fingerprint density at radius 1 is 1.20 bits per heavy atom. The Kier molecular flexibility index (Phi) is 8.95. The minimum absolute atomic E-state index is 0.184. The van der Waals surface area contributed by atoms with Crippen LogP contribution in [-0.2, 0) is 4.79 Å². The van der Waals surface area contributed by atoms with Gasteiger partial charge in [0.1, 0.15) is 0 Å². The standard InChI is InChI=1S/C15H31N3O2/c1-3-4-5-6-7-8-9-10-11-14(20)17-15(16)18(2)12-13-19/h19H,3-13H2,1-2H3,(H2,16,17,20)/i2D3. The second-order valence-electron chi connectivity index (χ2n) is 4.96. The Morgan fingerprint density at radius 2 is 1.80 bits per heavy atom. The van der Waals surface area contributed by atoms with Crippen molar-refractivity contribution < 1.29 is 14.0 Å². The maximum Gasteiger partial charge on any atom is 0.248 e. The summed E-state index contributed by atoms with van der Waals surface area (Å²) in [4.78, 5) is 16.1. The number of rotatable bonds is 11. The predicted molar refractivity (Wildman–Crippen MR) is 83.6 cm³/mol. The smallest absolute Gasteiger partial charge is 0.248 e. The van der Waals surface area contributed by atoms with E-state index in [1.165, 1.54) is 32.1 Å². The van der Waals surface area contributed by atoms with Crippen molar-refractivity contribution >= 4 is 11.9 Å². The van der Waals surface area contributed by atoms with Crippen LogP contribution in [0.1, 0.15) is 68.8 Å². The lowest BCUT2D eigenvalue weighted by atomic mass is 10.1. The van der Waals surface area contributed by atoms with Crippen LogP contribution >= 0.6 is 0 Å². The molecule has 3 N–H and O–H groups in total. The zero-order valence-electron chi connectivity index (χ0n) is 15.6. The van der Waals surface area contributed by atoms with Gasteiger partial charge in [0.05, 0.1) is 6.61 Å². The van der Waals surface area contributed by atoms with E-state index in [-0.39, 0.29) is 25.5 Å². The van der Waals surface area contributed by atoms with E-state index in [9.17, 15) is 4.79 Å².